The highest BCUT2D eigenvalue weighted by molar-refractivity contribution is 9.10. The molecule has 0 aliphatic rings. The van der Waals surface area contributed by atoms with Crippen LogP contribution in [-0.4, -0.2) is 13.6 Å². The van der Waals surface area contributed by atoms with Crippen LogP contribution in [0, 0.1) is 17.1 Å². The van der Waals surface area contributed by atoms with Gasteiger partial charge in [0.25, 0.3) is 0 Å². The summed E-state index contributed by atoms with van der Waals surface area (Å²) in [6, 6.07) is 5.18. The summed E-state index contributed by atoms with van der Waals surface area (Å²) in [6.07, 6.45) is 0.952. The summed E-state index contributed by atoms with van der Waals surface area (Å²) in [6.45, 7) is 2.82. The molecule has 0 N–H and O–H groups in total. The lowest BCUT2D eigenvalue weighted by Gasteiger charge is -2.19. The van der Waals surface area contributed by atoms with Crippen LogP contribution in [0.1, 0.15) is 18.9 Å². The number of benzene rings is 1. The van der Waals surface area contributed by atoms with E-state index >= 15 is 0 Å². The van der Waals surface area contributed by atoms with E-state index in [4.69, 9.17) is 5.26 Å². The largest absolute Gasteiger partial charge is 0.372 e. The Hall–Kier alpha value is -1.08. The van der Waals surface area contributed by atoms with Crippen LogP contribution in [0.2, 0.25) is 0 Å². The van der Waals surface area contributed by atoms with Gasteiger partial charge in [0.2, 0.25) is 0 Å². The van der Waals surface area contributed by atoms with Crippen molar-refractivity contribution in [2.24, 2.45) is 0 Å². The van der Waals surface area contributed by atoms with Crippen molar-refractivity contribution in [1.29, 1.82) is 5.26 Å². The van der Waals surface area contributed by atoms with Gasteiger partial charge in [-0.25, -0.2) is 4.39 Å². The van der Waals surface area contributed by atoms with Crippen molar-refractivity contribution < 1.29 is 4.39 Å². The predicted octanol–water partition coefficient (Wildman–Crippen LogP) is 3.31. The molecule has 1 aromatic rings. The maximum absolute atomic E-state index is 13.8. The second-order valence-corrected chi connectivity index (χ2v) is 4.09. The molecule has 0 atom stereocenters. The van der Waals surface area contributed by atoms with Crippen LogP contribution in [0.25, 0.3) is 0 Å². The predicted molar refractivity (Wildman–Crippen MR) is 62.4 cm³/mol. The molecule has 80 valence electrons. The standard InChI is InChI=1S/C11H12BrFN2/c1-3-6-15(2)9-5-4-8(7-14)10(12)11(9)13/h4-5H,3,6H2,1-2H3. The summed E-state index contributed by atoms with van der Waals surface area (Å²) in [5.41, 5.74) is 0.837. The zero-order valence-corrected chi connectivity index (χ0v) is 10.3. The SMILES string of the molecule is CCCN(C)c1ccc(C#N)c(Br)c1F. The van der Waals surface area contributed by atoms with E-state index in [2.05, 4.69) is 15.9 Å². The first kappa shape index (κ1) is 12.0. The van der Waals surface area contributed by atoms with Gasteiger partial charge < -0.3 is 4.90 Å². The molecule has 0 aliphatic heterocycles. The maximum atomic E-state index is 13.8. The number of nitrogens with zero attached hydrogens (tertiary/aromatic N) is 2. The van der Waals surface area contributed by atoms with Gasteiger partial charge >= 0.3 is 0 Å². The highest BCUT2D eigenvalue weighted by Gasteiger charge is 2.13. The number of hydrogen-bond donors (Lipinski definition) is 0. The summed E-state index contributed by atoms with van der Waals surface area (Å²) in [5, 5.41) is 8.72. The monoisotopic (exact) mass is 270 g/mol. The normalized spacial score (nSPS) is 9.80. The minimum absolute atomic E-state index is 0.241. The van der Waals surface area contributed by atoms with Gasteiger partial charge in [-0.1, -0.05) is 6.92 Å². The molecule has 15 heavy (non-hydrogen) atoms. The molecule has 0 saturated carbocycles. The topological polar surface area (TPSA) is 27.0 Å². The maximum Gasteiger partial charge on any atom is 0.161 e. The summed E-state index contributed by atoms with van der Waals surface area (Å²) in [5.74, 6) is -0.370. The highest BCUT2D eigenvalue weighted by Crippen LogP contribution is 2.28. The molecule has 1 rings (SSSR count). The average molecular weight is 271 g/mol. The molecule has 4 heteroatoms. The number of halogens is 2. The van der Waals surface area contributed by atoms with Crippen LogP contribution in [0.5, 0.6) is 0 Å². The lowest BCUT2D eigenvalue weighted by atomic mass is 10.2. The van der Waals surface area contributed by atoms with E-state index in [0.717, 1.165) is 13.0 Å². The fourth-order valence-electron chi connectivity index (χ4n) is 1.38. The third-order valence-electron chi connectivity index (χ3n) is 2.15. The smallest absolute Gasteiger partial charge is 0.161 e. The van der Waals surface area contributed by atoms with Crippen molar-refractivity contribution in [3.63, 3.8) is 0 Å². The highest BCUT2D eigenvalue weighted by atomic mass is 79.9. The van der Waals surface area contributed by atoms with Crippen LogP contribution >= 0.6 is 15.9 Å². The molecular formula is C11H12BrFN2. The van der Waals surface area contributed by atoms with Gasteiger partial charge in [-0.3, -0.25) is 0 Å². The van der Waals surface area contributed by atoms with Crippen LogP contribution < -0.4 is 4.90 Å². The zero-order valence-electron chi connectivity index (χ0n) is 8.72. The zero-order chi connectivity index (χ0) is 11.4. The first-order valence-corrected chi connectivity index (χ1v) is 5.50. The van der Waals surface area contributed by atoms with Crippen molar-refractivity contribution in [3.8, 4) is 6.07 Å². The van der Waals surface area contributed by atoms with Gasteiger partial charge in [-0.2, -0.15) is 5.26 Å². The van der Waals surface area contributed by atoms with Gasteiger partial charge in [-0.05, 0) is 34.5 Å². The Morgan fingerprint density at radius 2 is 2.20 bits per heavy atom. The molecule has 0 saturated heterocycles. The van der Waals surface area contributed by atoms with E-state index in [1.54, 1.807) is 12.1 Å². The number of anilines is 1. The van der Waals surface area contributed by atoms with Gasteiger partial charge in [0.15, 0.2) is 5.82 Å². The number of hydrogen-bond acceptors (Lipinski definition) is 2. The Labute approximate surface area is 97.4 Å². The number of rotatable bonds is 3. The summed E-state index contributed by atoms with van der Waals surface area (Å²) < 4.78 is 14.0. The van der Waals surface area contributed by atoms with Crippen LogP contribution in [-0.2, 0) is 0 Å². The van der Waals surface area contributed by atoms with E-state index in [9.17, 15) is 4.39 Å². The molecule has 0 heterocycles. The lowest BCUT2D eigenvalue weighted by molar-refractivity contribution is 0.614. The summed E-state index contributed by atoms with van der Waals surface area (Å²) in [7, 11) is 1.83. The van der Waals surface area contributed by atoms with E-state index in [-0.39, 0.29) is 10.3 Å². The average Bonchev–Trinajstić information content (AvgIpc) is 2.22. The fraction of sp³-hybridized carbons (Fsp3) is 0.364. The van der Waals surface area contributed by atoms with Crippen LogP contribution in [0.3, 0.4) is 0 Å². The Morgan fingerprint density at radius 3 is 2.73 bits per heavy atom. The van der Waals surface area contributed by atoms with Gasteiger partial charge in [0.05, 0.1) is 15.7 Å². The second-order valence-electron chi connectivity index (χ2n) is 3.29. The molecule has 0 fully saturated rings. The number of nitriles is 1. The second kappa shape index (κ2) is 5.13. The van der Waals surface area contributed by atoms with Crippen molar-refractivity contribution >= 4 is 21.6 Å². The molecule has 2 nitrogen and oxygen atoms in total. The molecule has 1 aromatic carbocycles. The van der Waals surface area contributed by atoms with Crippen molar-refractivity contribution in [2.45, 2.75) is 13.3 Å². The van der Waals surface area contributed by atoms with E-state index in [1.165, 1.54) is 0 Å². The Bertz CT molecular complexity index is 398. The van der Waals surface area contributed by atoms with Crippen molar-refractivity contribution in [2.75, 3.05) is 18.5 Å². The molecule has 0 radical (unpaired) electrons. The van der Waals surface area contributed by atoms with Crippen molar-refractivity contribution in [1.82, 2.24) is 0 Å². The van der Waals surface area contributed by atoms with E-state index in [0.29, 0.717) is 11.3 Å². The van der Waals surface area contributed by atoms with Crippen molar-refractivity contribution in [3.05, 3.63) is 28.0 Å². The summed E-state index contributed by atoms with van der Waals surface area (Å²) in [4.78, 5) is 1.83. The molecule has 0 bridgehead atoms. The molecule has 0 unspecified atom stereocenters. The van der Waals surface area contributed by atoms with Gasteiger partial charge in [0, 0.05) is 13.6 Å². The van der Waals surface area contributed by atoms with E-state index < -0.39 is 0 Å². The third kappa shape index (κ3) is 2.48. The Morgan fingerprint density at radius 1 is 1.53 bits per heavy atom. The quantitative estimate of drug-likeness (QED) is 0.843. The molecule has 0 spiro atoms. The minimum Gasteiger partial charge on any atom is -0.372 e. The summed E-state index contributed by atoms with van der Waals surface area (Å²) >= 11 is 3.09. The third-order valence-corrected chi connectivity index (χ3v) is 2.93. The first-order chi connectivity index (χ1) is 7.11. The lowest BCUT2D eigenvalue weighted by Crippen LogP contribution is -2.19. The minimum atomic E-state index is -0.370. The molecule has 0 aromatic heterocycles. The van der Waals surface area contributed by atoms with Gasteiger partial charge in [0.1, 0.15) is 6.07 Å². The Kier molecular flexibility index (Phi) is 4.10. The molecule has 0 amide bonds. The fourth-order valence-corrected chi connectivity index (χ4v) is 1.80. The molecular weight excluding hydrogens is 259 g/mol. The van der Waals surface area contributed by atoms with Crippen LogP contribution in [0.15, 0.2) is 16.6 Å². The van der Waals surface area contributed by atoms with Crippen LogP contribution in [0.4, 0.5) is 10.1 Å². The Balaban J connectivity index is 3.13. The first-order valence-electron chi connectivity index (χ1n) is 4.71. The van der Waals surface area contributed by atoms with E-state index in [1.807, 2.05) is 24.9 Å². The molecule has 0 aliphatic carbocycles. The van der Waals surface area contributed by atoms with Gasteiger partial charge in [-0.15, -0.1) is 0 Å².